The van der Waals surface area contributed by atoms with Crippen LogP contribution in [0.4, 0.5) is 4.39 Å². The highest BCUT2D eigenvalue weighted by molar-refractivity contribution is 5.88. The fourth-order valence-electron chi connectivity index (χ4n) is 3.89. The highest BCUT2D eigenvalue weighted by Gasteiger charge is 2.27. The van der Waals surface area contributed by atoms with Crippen LogP contribution in [-0.4, -0.2) is 39.9 Å². The summed E-state index contributed by atoms with van der Waals surface area (Å²) in [5.74, 6) is -0.277. The summed E-state index contributed by atoms with van der Waals surface area (Å²) in [7, 11) is 0. The molecule has 1 unspecified atom stereocenters. The summed E-state index contributed by atoms with van der Waals surface area (Å²) in [4.78, 5) is 26.1. The molecule has 1 aromatic carbocycles. The second kappa shape index (κ2) is 8.38. The number of benzene rings is 1. The second-order valence-electron chi connectivity index (χ2n) is 8.16. The van der Waals surface area contributed by atoms with Crippen molar-refractivity contribution in [2.75, 3.05) is 13.1 Å². The van der Waals surface area contributed by atoms with E-state index in [2.05, 4.69) is 16.8 Å². The molecule has 5 nitrogen and oxygen atoms in total. The van der Waals surface area contributed by atoms with Gasteiger partial charge in [0, 0.05) is 42.6 Å². The molecule has 2 aromatic rings. The van der Waals surface area contributed by atoms with Crippen LogP contribution in [0.5, 0.6) is 0 Å². The fraction of sp³-hybridized carbons (Fsp3) is 0.375. The molecule has 1 aromatic heterocycles. The van der Waals surface area contributed by atoms with Crippen molar-refractivity contribution in [3.63, 3.8) is 0 Å². The Morgan fingerprint density at radius 2 is 2.17 bits per heavy atom. The van der Waals surface area contributed by atoms with Crippen molar-refractivity contribution in [1.82, 2.24) is 15.1 Å². The maximum absolute atomic E-state index is 14.8. The molecule has 2 heterocycles. The monoisotopic (exact) mass is 407 g/mol. The van der Waals surface area contributed by atoms with Crippen LogP contribution in [0.2, 0.25) is 0 Å². The highest BCUT2D eigenvalue weighted by atomic mass is 19.1. The largest absolute Gasteiger partial charge is 0.335 e. The van der Waals surface area contributed by atoms with Crippen molar-refractivity contribution < 1.29 is 14.0 Å². The number of halogens is 1. The van der Waals surface area contributed by atoms with E-state index in [0.717, 1.165) is 17.0 Å². The van der Waals surface area contributed by atoms with Crippen molar-refractivity contribution in [2.24, 2.45) is 0 Å². The van der Waals surface area contributed by atoms with Gasteiger partial charge in [-0.05, 0) is 48.6 Å². The molecule has 1 aliphatic carbocycles. The predicted molar refractivity (Wildman–Crippen MR) is 113 cm³/mol. The topological polar surface area (TPSA) is 66.1 Å². The first-order chi connectivity index (χ1) is 14.5. The lowest BCUT2D eigenvalue weighted by atomic mass is 9.91. The number of aromatic nitrogens is 2. The van der Waals surface area contributed by atoms with Crippen LogP contribution < -0.4 is 0 Å². The maximum Gasteiger partial charge on any atom is 0.246 e. The van der Waals surface area contributed by atoms with E-state index in [9.17, 15) is 14.0 Å². The molecule has 0 radical (unpaired) electrons. The van der Waals surface area contributed by atoms with Crippen molar-refractivity contribution in [3.8, 4) is 0 Å². The van der Waals surface area contributed by atoms with Gasteiger partial charge in [-0.2, -0.15) is 5.10 Å². The first-order valence-electron chi connectivity index (χ1n) is 10.4. The number of Topliss-reactive ketones (excluding diaryl/α,β-unsaturated/α-hetero) is 1. The maximum atomic E-state index is 14.8. The molecule has 156 valence electrons. The smallest absolute Gasteiger partial charge is 0.246 e. The molecule has 0 saturated heterocycles. The summed E-state index contributed by atoms with van der Waals surface area (Å²) in [6, 6.07) is 7.00. The van der Waals surface area contributed by atoms with Crippen LogP contribution in [-0.2, 0) is 16.0 Å². The van der Waals surface area contributed by atoms with E-state index in [1.54, 1.807) is 11.0 Å². The number of carbonyl (C=O) groups excluding carboxylic acids is 2. The average Bonchev–Trinajstić information content (AvgIpc) is 3.51. The second-order valence-corrected chi connectivity index (χ2v) is 8.16. The zero-order chi connectivity index (χ0) is 21.3. The number of hydrogen-bond donors (Lipinski definition) is 1. The van der Waals surface area contributed by atoms with Gasteiger partial charge in [0.2, 0.25) is 5.91 Å². The molecule has 0 bridgehead atoms. The molecular formula is C24H26FN3O2. The Labute approximate surface area is 175 Å². The first-order valence-corrected chi connectivity index (χ1v) is 10.4. The minimum atomic E-state index is -0.401. The molecule has 1 saturated carbocycles. The Hall–Kier alpha value is -3.02. The van der Waals surface area contributed by atoms with E-state index in [0.29, 0.717) is 36.6 Å². The molecule has 6 heteroatoms. The molecule has 1 N–H and O–H groups in total. The third-order valence-electron chi connectivity index (χ3n) is 6.03. The summed E-state index contributed by atoms with van der Waals surface area (Å²) in [5, 5.41) is 7.25. The molecule has 4 rings (SSSR count). The van der Waals surface area contributed by atoms with Crippen LogP contribution >= 0.6 is 0 Å². The predicted octanol–water partition coefficient (Wildman–Crippen LogP) is 4.14. The van der Waals surface area contributed by atoms with Crippen molar-refractivity contribution in [1.29, 1.82) is 0 Å². The average molecular weight is 407 g/mol. The van der Waals surface area contributed by atoms with Crippen LogP contribution in [0.25, 0.3) is 5.57 Å². The Morgan fingerprint density at radius 3 is 2.80 bits per heavy atom. The number of amides is 1. The van der Waals surface area contributed by atoms with Crippen LogP contribution in [0.15, 0.2) is 43.0 Å². The first kappa shape index (κ1) is 20.3. The minimum absolute atomic E-state index is 0.0311. The van der Waals surface area contributed by atoms with Gasteiger partial charge < -0.3 is 4.90 Å². The summed E-state index contributed by atoms with van der Waals surface area (Å²) < 4.78 is 14.8. The number of hydrogen-bond acceptors (Lipinski definition) is 3. The van der Waals surface area contributed by atoms with Crippen LogP contribution in [0.3, 0.4) is 0 Å². The Balaban J connectivity index is 1.43. The lowest BCUT2D eigenvalue weighted by Crippen LogP contribution is -2.33. The number of carbonyl (C=O) groups is 2. The number of nitrogens with one attached hydrogen (secondary N) is 1. The molecule has 2 aliphatic rings. The minimum Gasteiger partial charge on any atom is -0.335 e. The zero-order valence-corrected chi connectivity index (χ0v) is 17.2. The van der Waals surface area contributed by atoms with Crippen LogP contribution in [0.1, 0.15) is 60.5 Å². The van der Waals surface area contributed by atoms with E-state index < -0.39 is 5.92 Å². The highest BCUT2D eigenvalue weighted by Crippen LogP contribution is 2.39. The number of rotatable bonds is 7. The Bertz CT molecular complexity index is 1020. The Morgan fingerprint density at radius 1 is 1.37 bits per heavy atom. The third-order valence-corrected chi connectivity index (χ3v) is 6.03. The quantitative estimate of drug-likeness (QED) is 0.702. The van der Waals surface area contributed by atoms with Crippen molar-refractivity contribution in [3.05, 3.63) is 71.3 Å². The molecule has 1 aliphatic heterocycles. The molecule has 30 heavy (non-hydrogen) atoms. The number of aromatic amines is 1. The number of H-pyrrole nitrogens is 1. The summed E-state index contributed by atoms with van der Waals surface area (Å²) in [6.45, 7) is 6.30. The van der Waals surface area contributed by atoms with Crippen LogP contribution in [0, 0.1) is 5.82 Å². The van der Waals surface area contributed by atoms with Gasteiger partial charge in [0.25, 0.3) is 0 Å². The standard InChI is InChI=1S/C24H26FN3O2/c1-3-24(30)28-10-8-16(9-11-28)20-7-6-18(12-21(20)25)15(2)23(29)14-19-13-22(27-26-19)17-4-5-17/h3,6-8,12-13,15,17H,1,4-5,9-11,14H2,2H3,(H,26,27). The van der Waals surface area contributed by atoms with Gasteiger partial charge in [-0.25, -0.2) is 4.39 Å². The molecule has 1 amide bonds. The van der Waals surface area contributed by atoms with Gasteiger partial charge >= 0.3 is 0 Å². The van der Waals surface area contributed by atoms with E-state index in [-0.39, 0.29) is 23.9 Å². The SMILES string of the molecule is C=CC(=O)N1CC=C(c2ccc(C(C)C(=O)Cc3cc(C4CC4)n[nH]3)cc2F)CC1. The molecule has 1 atom stereocenters. The van der Waals surface area contributed by atoms with Gasteiger partial charge in [-0.15, -0.1) is 0 Å². The van der Waals surface area contributed by atoms with Gasteiger partial charge in [0.05, 0.1) is 5.69 Å². The molecule has 0 spiro atoms. The van der Waals surface area contributed by atoms with Crippen molar-refractivity contribution in [2.45, 2.75) is 44.4 Å². The lowest BCUT2D eigenvalue weighted by Gasteiger charge is -2.26. The van der Waals surface area contributed by atoms with Gasteiger partial charge in [0.15, 0.2) is 0 Å². The van der Waals surface area contributed by atoms with Crippen molar-refractivity contribution >= 4 is 17.3 Å². The number of ketones is 1. The van der Waals surface area contributed by atoms with E-state index in [1.807, 2.05) is 25.1 Å². The van der Waals surface area contributed by atoms with E-state index in [1.165, 1.54) is 25.0 Å². The Kier molecular flexibility index (Phi) is 5.66. The molecule has 1 fully saturated rings. The summed E-state index contributed by atoms with van der Waals surface area (Å²) in [6.07, 6.45) is 6.37. The van der Waals surface area contributed by atoms with E-state index in [4.69, 9.17) is 0 Å². The lowest BCUT2D eigenvalue weighted by molar-refractivity contribution is -0.125. The van der Waals surface area contributed by atoms with E-state index >= 15 is 0 Å². The number of nitrogens with zero attached hydrogens (tertiary/aromatic N) is 2. The van der Waals surface area contributed by atoms with Gasteiger partial charge in [-0.3, -0.25) is 14.7 Å². The zero-order valence-electron chi connectivity index (χ0n) is 17.2. The van der Waals surface area contributed by atoms with Gasteiger partial charge in [0.1, 0.15) is 11.6 Å². The third kappa shape index (κ3) is 4.27. The fourth-order valence-corrected chi connectivity index (χ4v) is 3.89. The van der Waals surface area contributed by atoms with Gasteiger partial charge in [-0.1, -0.05) is 31.7 Å². The normalized spacial score (nSPS) is 17.4. The summed E-state index contributed by atoms with van der Waals surface area (Å²) in [5.41, 5.74) is 3.94. The molecular weight excluding hydrogens is 381 g/mol. The summed E-state index contributed by atoms with van der Waals surface area (Å²) >= 11 is 0.